The molecule has 1 aliphatic rings. The van der Waals surface area contributed by atoms with Crippen LogP contribution in [0, 0.1) is 25.2 Å². The quantitative estimate of drug-likeness (QED) is 0.846. The van der Waals surface area contributed by atoms with Crippen molar-refractivity contribution in [2.75, 3.05) is 13.7 Å². The molecule has 0 spiro atoms. The van der Waals surface area contributed by atoms with Gasteiger partial charge in [-0.25, -0.2) is 0 Å². The second-order valence-corrected chi connectivity index (χ2v) is 5.84. The molecule has 1 amide bonds. The van der Waals surface area contributed by atoms with Crippen LogP contribution in [0.4, 0.5) is 0 Å². The van der Waals surface area contributed by atoms with Gasteiger partial charge in [-0.05, 0) is 37.5 Å². The van der Waals surface area contributed by atoms with Crippen LogP contribution in [0.1, 0.15) is 38.4 Å². The Bertz CT molecular complexity index is 855. The van der Waals surface area contributed by atoms with Gasteiger partial charge in [0.2, 0.25) is 0 Å². The predicted octanol–water partition coefficient (Wildman–Crippen LogP) is 2.17. The summed E-state index contributed by atoms with van der Waals surface area (Å²) in [6, 6.07) is 3.97. The van der Waals surface area contributed by atoms with Crippen molar-refractivity contribution < 1.29 is 9.53 Å². The number of pyridine rings is 2. The maximum Gasteiger partial charge on any atom is 0.258 e. The van der Waals surface area contributed by atoms with Crippen LogP contribution in [0.3, 0.4) is 0 Å². The van der Waals surface area contributed by atoms with E-state index >= 15 is 0 Å². The predicted molar refractivity (Wildman–Crippen MR) is 87.7 cm³/mol. The van der Waals surface area contributed by atoms with Crippen molar-refractivity contribution >= 4 is 5.91 Å². The molecule has 24 heavy (non-hydrogen) atoms. The van der Waals surface area contributed by atoms with Crippen LogP contribution in [0.2, 0.25) is 0 Å². The third-order valence-electron chi connectivity index (χ3n) is 4.31. The van der Waals surface area contributed by atoms with Gasteiger partial charge in [-0.1, -0.05) is 0 Å². The SMILES string of the molecule is COc1cnc(C)cc1C(=O)N1CCc2c(cnc(C)c2C#N)C1. The van der Waals surface area contributed by atoms with Gasteiger partial charge in [-0.3, -0.25) is 14.8 Å². The van der Waals surface area contributed by atoms with Gasteiger partial charge in [0.05, 0.1) is 30.1 Å². The molecule has 2 aromatic heterocycles. The molecule has 1 aliphatic heterocycles. The van der Waals surface area contributed by atoms with Crippen LogP contribution < -0.4 is 4.74 Å². The van der Waals surface area contributed by atoms with Crippen molar-refractivity contribution in [3.05, 3.63) is 52.1 Å². The van der Waals surface area contributed by atoms with E-state index in [4.69, 9.17) is 4.74 Å². The zero-order valence-electron chi connectivity index (χ0n) is 14.0. The maximum atomic E-state index is 12.9. The van der Waals surface area contributed by atoms with E-state index in [0.717, 1.165) is 22.5 Å². The second kappa shape index (κ2) is 6.28. The Morgan fingerprint density at radius 2 is 2.12 bits per heavy atom. The summed E-state index contributed by atoms with van der Waals surface area (Å²) >= 11 is 0. The fraction of sp³-hybridized carbons (Fsp3) is 0.333. The molecule has 6 nitrogen and oxygen atoms in total. The molecule has 122 valence electrons. The van der Waals surface area contributed by atoms with Gasteiger partial charge < -0.3 is 9.64 Å². The highest BCUT2D eigenvalue weighted by Crippen LogP contribution is 2.26. The molecule has 0 N–H and O–H groups in total. The smallest absolute Gasteiger partial charge is 0.258 e. The summed E-state index contributed by atoms with van der Waals surface area (Å²) in [6.45, 7) is 4.68. The molecule has 0 saturated carbocycles. The monoisotopic (exact) mass is 322 g/mol. The number of aryl methyl sites for hydroxylation is 2. The van der Waals surface area contributed by atoms with E-state index in [1.165, 1.54) is 7.11 Å². The van der Waals surface area contributed by atoms with Gasteiger partial charge in [-0.2, -0.15) is 5.26 Å². The van der Waals surface area contributed by atoms with Crippen molar-refractivity contribution in [1.29, 1.82) is 5.26 Å². The number of hydrogen-bond acceptors (Lipinski definition) is 5. The summed E-state index contributed by atoms with van der Waals surface area (Å²) in [5.41, 5.74) is 4.59. The minimum atomic E-state index is -0.0953. The molecule has 2 aromatic rings. The zero-order valence-corrected chi connectivity index (χ0v) is 14.0. The Kier molecular flexibility index (Phi) is 4.17. The topological polar surface area (TPSA) is 79.1 Å². The molecule has 0 radical (unpaired) electrons. The lowest BCUT2D eigenvalue weighted by atomic mass is 9.95. The first-order chi connectivity index (χ1) is 11.5. The largest absolute Gasteiger partial charge is 0.494 e. The Hall–Kier alpha value is -2.94. The van der Waals surface area contributed by atoms with Gasteiger partial charge in [0, 0.05) is 25.0 Å². The highest BCUT2D eigenvalue weighted by atomic mass is 16.5. The third-order valence-corrected chi connectivity index (χ3v) is 4.31. The molecule has 0 saturated heterocycles. The van der Waals surface area contributed by atoms with Crippen molar-refractivity contribution in [2.45, 2.75) is 26.8 Å². The molecular weight excluding hydrogens is 304 g/mol. The summed E-state index contributed by atoms with van der Waals surface area (Å²) in [4.78, 5) is 23.1. The van der Waals surface area contributed by atoms with E-state index in [1.54, 1.807) is 23.4 Å². The molecule has 3 rings (SSSR count). The number of methoxy groups -OCH3 is 1. The van der Waals surface area contributed by atoms with Crippen molar-refractivity contribution in [2.24, 2.45) is 0 Å². The number of rotatable bonds is 2. The van der Waals surface area contributed by atoms with Crippen LogP contribution >= 0.6 is 0 Å². The number of carbonyl (C=O) groups is 1. The fourth-order valence-electron chi connectivity index (χ4n) is 3.02. The van der Waals surface area contributed by atoms with Crippen LogP contribution in [0.5, 0.6) is 5.75 Å². The molecular formula is C18H18N4O2. The number of aromatic nitrogens is 2. The van der Waals surface area contributed by atoms with Crippen molar-refractivity contribution in [3.8, 4) is 11.8 Å². The molecule has 0 unspecified atom stereocenters. The average Bonchev–Trinajstić information content (AvgIpc) is 2.60. The number of nitriles is 1. The lowest BCUT2D eigenvalue weighted by Crippen LogP contribution is -2.36. The first-order valence-electron chi connectivity index (χ1n) is 7.72. The maximum absolute atomic E-state index is 12.9. The third kappa shape index (κ3) is 2.69. The minimum absolute atomic E-state index is 0.0953. The molecule has 6 heteroatoms. The number of hydrogen-bond donors (Lipinski definition) is 0. The normalized spacial score (nSPS) is 13.2. The zero-order chi connectivity index (χ0) is 17.3. The Morgan fingerprint density at radius 3 is 2.83 bits per heavy atom. The minimum Gasteiger partial charge on any atom is -0.494 e. The van der Waals surface area contributed by atoms with E-state index < -0.39 is 0 Å². The van der Waals surface area contributed by atoms with Crippen LogP contribution in [-0.2, 0) is 13.0 Å². The lowest BCUT2D eigenvalue weighted by Gasteiger charge is -2.30. The summed E-state index contributed by atoms with van der Waals surface area (Å²) in [7, 11) is 1.53. The summed E-state index contributed by atoms with van der Waals surface area (Å²) < 4.78 is 5.27. The van der Waals surface area contributed by atoms with Crippen molar-refractivity contribution in [3.63, 3.8) is 0 Å². The van der Waals surface area contributed by atoms with E-state index in [1.807, 2.05) is 13.8 Å². The van der Waals surface area contributed by atoms with Gasteiger partial charge in [-0.15, -0.1) is 0 Å². The van der Waals surface area contributed by atoms with Crippen LogP contribution in [-0.4, -0.2) is 34.4 Å². The van der Waals surface area contributed by atoms with E-state index in [0.29, 0.717) is 36.4 Å². The van der Waals surface area contributed by atoms with E-state index in [9.17, 15) is 10.1 Å². The molecule has 0 fully saturated rings. The van der Waals surface area contributed by atoms with Gasteiger partial charge in [0.1, 0.15) is 11.8 Å². The number of nitrogens with zero attached hydrogens (tertiary/aromatic N) is 4. The summed E-state index contributed by atoms with van der Waals surface area (Å²) in [5.74, 6) is 0.373. The Balaban J connectivity index is 1.93. The highest BCUT2D eigenvalue weighted by Gasteiger charge is 2.26. The number of amides is 1. The number of ether oxygens (including phenoxy) is 1. The Morgan fingerprint density at radius 1 is 1.33 bits per heavy atom. The van der Waals surface area contributed by atoms with Gasteiger partial charge in [0.15, 0.2) is 0 Å². The average molecular weight is 322 g/mol. The van der Waals surface area contributed by atoms with E-state index in [2.05, 4.69) is 16.0 Å². The summed E-state index contributed by atoms with van der Waals surface area (Å²) in [5, 5.41) is 9.33. The highest BCUT2D eigenvalue weighted by molar-refractivity contribution is 5.97. The lowest BCUT2D eigenvalue weighted by molar-refractivity contribution is 0.0730. The molecule has 0 atom stereocenters. The standard InChI is InChI=1S/C18H18N4O2/c1-11-6-15(17(24-3)9-20-11)18(23)22-5-4-14-13(10-22)8-21-12(2)16(14)7-19/h6,8-9H,4-5,10H2,1-3H3. The fourth-order valence-corrected chi connectivity index (χ4v) is 3.02. The van der Waals surface area contributed by atoms with Gasteiger partial charge in [0.25, 0.3) is 5.91 Å². The number of carbonyl (C=O) groups excluding carboxylic acids is 1. The number of fused-ring (bicyclic) bond motifs is 1. The van der Waals surface area contributed by atoms with Crippen molar-refractivity contribution in [1.82, 2.24) is 14.9 Å². The summed E-state index contributed by atoms with van der Waals surface area (Å²) in [6.07, 6.45) is 3.98. The Labute approximate surface area is 140 Å². The molecule has 0 aromatic carbocycles. The first kappa shape index (κ1) is 15.9. The van der Waals surface area contributed by atoms with Crippen LogP contribution in [0.15, 0.2) is 18.5 Å². The van der Waals surface area contributed by atoms with Crippen LogP contribution in [0.25, 0.3) is 0 Å². The van der Waals surface area contributed by atoms with Gasteiger partial charge >= 0.3 is 0 Å². The first-order valence-corrected chi connectivity index (χ1v) is 7.72. The molecule has 0 aliphatic carbocycles. The molecule has 3 heterocycles. The second-order valence-electron chi connectivity index (χ2n) is 5.84. The van der Waals surface area contributed by atoms with E-state index in [-0.39, 0.29) is 5.91 Å². The molecule has 0 bridgehead atoms.